The molecule has 1 atom stereocenters. The molecule has 0 aromatic heterocycles. The highest BCUT2D eigenvalue weighted by molar-refractivity contribution is 7.85. The van der Waals surface area contributed by atoms with Gasteiger partial charge in [0.15, 0.2) is 5.78 Å². The highest BCUT2D eigenvalue weighted by atomic mass is 32.1. The average Bonchev–Trinajstić information content (AvgIpc) is 2.54. The SMILES string of the molecule is CCCCCCCC(=O)[C@@](S)(CC)[Si](OCC)(OCC)OCC. The molecule has 0 bridgehead atoms. The molecule has 0 aliphatic heterocycles. The van der Waals surface area contributed by atoms with E-state index in [0.717, 1.165) is 12.8 Å². The molecule has 0 spiro atoms. The second-order valence-electron chi connectivity index (χ2n) is 5.66. The number of carbonyl (C=O) groups excluding carboxylic acids is 1. The number of hydrogen-bond donors (Lipinski definition) is 1. The fraction of sp³-hybridized carbons (Fsp3) is 0.941. The molecule has 4 nitrogen and oxygen atoms in total. The maximum atomic E-state index is 12.9. The Kier molecular flexibility index (Phi) is 12.5. The highest BCUT2D eigenvalue weighted by Gasteiger charge is 2.62. The molecule has 0 N–H and O–H groups in total. The molecular formula is C17H36O4SSi. The maximum absolute atomic E-state index is 12.9. The molecule has 0 fully saturated rings. The van der Waals surface area contributed by atoms with Gasteiger partial charge in [-0.1, -0.05) is 39.5 Å². The zero-order chi connectivity index (χ0) is 17.8. The lowest BCUT2D eigenvalue weighted by molar-refractivity contribution is -0.121. The zero-order valence-electron chi connectivity index (χ0n) is 15.7. The number of unbranched alkanes of at least 4 members (excludes halogenated alkanes) is 4. The van der Waals surface area contributed by atoms with Gasteiger partial charge in [0.1, 0.15) is 4.37 Å². The van der Waals surface area contributed by atoms with Gasteiger partial charge in [0.2, 0.25) is 0 Å². The van der Waals surface area contributed by atoms with E-state index in [2.05, 4.69) is 6.92 Å². The van der Waals surface area contributed by atoms with Crippen LogP contribution in [0.2, 0.25) is 0 Å². The molecule has 138 valence electrons. The third-order valence-electron chi connectivity index (χ3n) is 3.99. The van der Waals surface area contributed by atoms with E-state index in [4.69, 9.17) is 25.9 Å². The van der Waals surface area contributed by atoms with Gasteiger partial charge in [-0.15, -0.1) is 0 Å². The molecule has 0 aliphatic rings. The van der Waals surface area contributed by atoms with Gasteiger partial charge < -0.3 is 13.3 Å². The zero-order valence-corrected chi connectivity index (χ0v) is 17.5. The molecule has 0 saturated carbocycles. The molecule has 0 amide bonds. The Morgan fingerprint density at radius 3 is 1.74 bits per heavy atom. The van der Waals surface area contributed by atoms with Crippen LogP contribution in [0.4, 0.5) is 0 Å². The Balaban J connectivity index is 5.10. The summed E-state index contributed by atoms with van der Waals surface area (Å²) in [6.45, 7) is 11.2. The minimum absolute atomic E-state index is 0.0989. The maximum Gasteiger partial charge on any atom is 0.525 e. The summed E-state index contributed by atoms with van der Waals surface area (Å²) < 4.78 is 16.8. The van der Waals surface area contributed by atoms with Gasteiger partial charge in [0.25, 0.3) is 0 Å². The lowest BCUT2D eigenvalue weighted by Gasteiger charge is -2.40. The lowest BCUT2D eigenvalue weighted by Crippen LogP contribution is -2.65. The average molecular weight is 365 g/mol. The second kappa shape index (κ2) is 12.5. The minimum atomic E-state index is -3.17. The van der Waals surface area contributed by atoms with Crippen LogP contribution in [0, 0.1) is 0 Å². The van der Waals surface area contributed by atoms with Gasteiger partial charge in [-0.2, -0.15) is 12.6 Å². The first-order valence-corrected chi connectivity index (χ1v) is 11.3. The van der Waals surface area contributed by atoms with Gasteiger partial charge in [-0.05, 0) is 33.6 Å². The summed E-state index contributed by atoms with van der Waals surface area (Å²) in [5, 5.41) is 0. The van der Waals surface area contributed by atoms with Crippen LogP contribution in [0.15, 0.2) is 0 Å². The Morgan fingerprint density at radius 1 is 0.870 bits per heavy atom. The van der Waals surface area contributed by atoms with Crippen molar-refractivity contribution in [2.75, 3.05) is 19.8 Å². The van der Waals surface area contributed by atoms with Crippen LogP contribution in [0.5, 0.6) is 0 Å². The molecule has 0 saturated heterocycles. The number of Topliss-reactive ketones (excluding diaryl/α,β-unsaturated/α-hetero) is 1. The Bertz CT molecular complexity index is 311. The first-order valence-electron chi connectivity index (χ1n) is 9.15. The summed E-state index contributed by atoms with van der Waals surface area (Å²) in [5.41, 5.74) is 0. The number of thiol groups is 1. The molecule has 0 radical (unpaired) electrons. The molecule has 6 heteroatoms. The highest BCUT2D eigenvalue weighted by Crippen LogP contribution is 2.36. The Morgan fingerprint density at radius 2 is 1.35 bits per heavy atom. The van der Waals surface area contributed by atoms with Crippen LogP contribution in [0.1, 0.15) is 79.6 Å². The van der Waals surface area contributed by atoms with Crippen molar-refractivity contribution in [1.29, 1.82) is 0 Å². The molecule has 23 heavy (non-hydrogen) atoms. The fourth-order valence-electron chi connectivity index (χ4n) is 2.73. The molecule has 0 rings (SSSR count). The summed E-state index contributed by atoms with van der Waals surface area (Å²) in [5.74, 6) is 0.0989. The van der Waals surface area contributed by atoms with E-state index in [-0.39, 0.29) is 5.78 Å². The smallest absolute Gasteiger partial charge is 0.373 e. The second-order valence-corrected chi connectivity index (χ2v) is 9.67. The monoisotopic (exact) mass is 364 g/mol. The first kappa shape index (κ1) is 23.1. The van der Waals surface area contributed by atoms with Crippen LogP contribution in [0.3, 0.4) is 0 Å². The van der Waals surface area contributed by atoms with Gasteiger partial charge in [0, 0.05) is 26.2 Å². The summed E-state index contributed by atoms with van der Waals surface area (Å²) in [7, 11) is -3.17. The summed E-state index contributed by atoms with van der Waals surface area (Å²) >= 11 is 4.78. The number of rotatable bonds is 15. The summed E-state index contributed by atoms with van der Waals surface area (Å²) in [6.07, 6.45) is 6.66. The van der Waals surface area contributed by atoms with Crippen molar-refractivity contribution in [3.05, 3.63) is 0 Å². The van der Waals surface area contributed by atoms with E-state index in [1.54, 1.807) is 0 Å². The van der Waals surface area contributed by atoms with E-state index < -0.39 is 13.2 Å². The number of ketones is 1. The quantitative estimate of drug-likeness (QED) is 0.262. The van der Waals surface area contributed by atoms with Gasteiger partial charge in [-0.25, -0.2) is 0 Å². The van der Waals surface area contributed by atoms with E-state index in [1.165, 1.54) is 19.3 Å². The van der Waals surface area contributed by atoms with E-state index in [9.17, 15) is 4.79 Å². The molecule has 0 aromatic rings. The van der Waals surface area contributed by atoms with E-state index in [0.29, 0.717) is 32.7 Å². The van der Waals surface area contributed by atoms with Gasteiger partial charge in [-0.3, -0.25) is 4.79 Å². The minimum Gasteiger partial charge on any atom is -0.373 e. The van der Waals surface area contributed by atoms with Crippen molar-refractivity contribution >= 4 is 27.2 Å². The van der Waals surface area contributed by atoms with Crippen molar-refractivity contribution < 1.29 is 18.1 Å². The summed E-state index contributed by atoms with van der Waals surface area (Å²) in [6, 6.07) is 0. The largest absolute Gasteiger partial charge is 0.525 e. The van der Waals surface area contributed by atoms with Gasteiger partial charge in [0.05, 0.1) is 0 Å². The summed E-state index contributed by atoms with van der Waals surface area (Å²) in [4.78, 5) is 12.9. The third-order valence-corrected chi connectivity index (χ3v) is 9.03. The van der Waals surface area contributed by atoms with Crippen LogP contribution >= 0.6 is 12.6 Å². The Hall–Kier alpha value is 0.117. The fourth-order valence-corrected chi connectivity index (χ4v) is 6.43. The number of hydrogen-bond acceptors (Lipinski definition) is 5. The van der Waals surface area contributed by atoms with Crippen LogP contribution < -0.4 is 0 Å². The molecule has 0 aromatic carbocycles. The molecule has 0 aliphatic carbocycles. The first-order chi connectivity index (χ1) is 11.0. The van der Waals surface area contributed by atoms with Crippen molar-refractivity contribution in [2.24, 2.45) is 0 Å². The van der Waals surface area contributed by atoms with Crippen molar-refractivity contribution in [3.8, 4) is 0 Å². The predicted octanol–water partition coefficient (Wildman–Crippen LogP) is 4.58. The van der Waals surface area contributed by atoms with Crippen LogP contribution in [-0.4, -0.2) is 38.8 Å². The van der Waals surface area contributed by atoms with Crippen LogP contribution in [-0.2, 0) is 18.1 Å². The van der Waals surface area contributed by atoms with E-state index in [1.807, 2.05) is 27.7 Å². The topological polar surface area (TPSA) is 44.8 Å². The van der Waals surface area contributed by atoms with Crippen molar-refractivity contribution in [2.45, 2.75) is 83.9 Å². The van der Waals surface area contributed by atoms with Crippen molar-refractivity contribution in [3.63, 3.8) is 0 Å². The lowest BCUT2D eigenvalue weighted by atomic mass is 10.1. The normalized spacial score (nSPS) is 14.7. The van der Waals surface area contributed by atoms with Crippen molar-refractivity contribution in [1.82, 2.24) is 0 Å². The Labute approximate surface area is 149 Å². The van der Waals surface area contributed by atoms with Crippen LogP contribution in [0.25, 0.3) is 0 Å². The molecule has 0 heterocycles. The standard InChI is InChI=1S/C17H36O4SSi/c1-6-11-12-13-14-15-16(18)17(22,7-2)23(19-8-3,20-9-4)21-10-5/h22H,6-15H2,1-5H3/t17-/m1/s1. The predicted molar refractivity (Wildman–Crippen MR) is 101 cm³/mol. The van der Waals surface area contributed by atoms with Gasteiger partial charge >= 0.3 is 8.80 Å². The molecule has 0 unspecified atom stereocenters. The molecular weight excluding hydrogens is 328 g/mol. The number of carbonyl (C=O) groups is 1. The third kappa shape index (κ3) is 6.50. The van der Waals surface area contributed by atoms with E-state index >= 15 is 0 Å².